The summed E-state index contributed by atoms with van der Waals surface area (Å²) in [6, 6.07) is 16.6. The van der Waals surface area contributed by atoms with Crippen molar-refractivity contribution in [3.8, 4) is 11.5 Å². The van der Waals surface area contributed by atoms with E-state index in [1.165, 1.54) is 37.7 Å². The number of rotatable bonds is 11. The van der Waals surface area contributed by atoms with Crippen LogP contribution in [0.25, 0.3) is 6.08 Å². The number of carbonyl (C=O) groups excluding carboxylic acids is 2. The maximum atomic E-state index is 12.8. The van der Waals surface area contributed by atoms with Crippen LogP contribution in [0.15, 0.2) is 71.0 Å². The number of furan rings is 1. The van der Waals surface area contributed by atoms with Crippen LogP contribution < -0.4 is 20.1 Å². The number of hydrogen-bond donors (Lipinski definition) is 2. The average Bonchev–Trinajstić information content (AvgIpc) is 3.37. The zero-order chi connectivity index (χ0) is 24.3. The molecule has 0 saturated heterocycles. The second kappa shape index (κ2) is 12.6. The van der Waals surface area contributed by atoms with Gasteiger partial charge in [-0.3, -0.25) is 9.59 Å². The lowest BCUT2D eigenvalue weighted by atomic mass is 10.1. The number of carbonyl (C=O) groups is 2. The van der Waals surface area contributed by atoms with E-state index < -0.39 is 11.8 Å². The van der Waals surface area contributed by atoms with Crippen molar-refractivity contribution in [2.24, 2.45) is 0 Å². The molecule has 3 rings (SSSR count). The predicted molar refractivity (Wildman–Crippen MR) is 134 cm³/mol. The average molecular weight is 481 g/mol. The highest BCUT2D eigenvalue weighted by molar-refractivity contribution is 7.98. The second-order valence-electron chi connectivity index (χ2n) is 7.39. The van der Waals surface area contributed by atoms with Crippen LogP contribution in [0.1, 0.15) is 27.2 Å². The highest BCUT2D eigenvalue weighted by atomic mass is 32.2. The first-order valence-electron chi connectivity index (χ1n) is 10.7. The van der Waals surface area contributed by atoms with Gasteiger partial charge in [-0.2, -0.15) is 11.8 Å². The summed E-state index contributed by atoms with van der Waals surface area (Å²) in [5.41, 5.74) is 2.87. The normalized spacial score (nSPS) is 11.1. The van der Waals surface area contributed by atoms with E-state index in [2.05, 4.69) is 41.8 Å². The number of hydrogen-bond acceptors (Lipinski definition) is 6. The summed E-state index contributed by atoms with van der Waals surface area (Å²) in [5, 5.41) is 5.54. The fraction of sp³-hybridized carbons (Fsp3) is 0.231. The molecule has 0 radical (unpaired) electrons. The maximum absolute atomic E-state index is 12.8. The molecular formula is C26H28N2O5S. The smallest absolute Gasteiger partial charge is 0.267 e. The van der Waals surface area contributed by atoms with E-state index in [4.69, 9.17) is 13.9 Å². The molecule has 0 aliphatic rings. The molecule has 0 aliphatic heterocycles. The first kappa shape index (κ1) is 25.0. The van der Waals surface area contributed by atoms with Crippen molar-refractivity contribution in [1.82, 2.24) is 10.6 Å². The molecule has 1 heterocycles. The van der Waals surface area contributed by atoms with Crippen LogP contribution in [-0.4, -0.2) is 38.3 Å². The van der Waals surface area contributed by atoms with Gasteiger partial charge in [-0.25, -0.2) is 0 Å². The monoisotopic (exact) mass is 480 g/mol. The lowest BCUT2D eigenvalue weighted by Crippen LogP contribution is -2.35. The third-order valence-electron chi connectivity index (χ3n) is 4.89. The van der Waals surface area contributed by atoms with Crippen LogP contribution in [0.2, 0.25) is 0 Å². The van der Waals surface area contributed by atoms with Gasteiger partial charge in [-0.15, -0.1) is 0 Å². The van der Waals surface area contributed by atoms with E-state index in [1.807, 2.05) is 0 Å². The number of benzene rings is 2. The Morgan fingerprint density at radius 1 is 1.03 bits per heavy atom. The summed E-state index contributed by atoms with van der Waals surface area (Å²) in [5.74, 6) is 2.11. The molecule has 0 spiro atoms. The zero-order valence-electron chi connectivity index (χ0n) is 19.4. The number of amides is 2. The Balaban J connectivity index is 1.61. The van der Waals surface area contributed by atoms with E-state index in [9.17, 15) is 9.59 Å². The van der Waals surface area contributed by atoms with Crippen molar-refractivity contribution in [3.63, 3.8) is 0 Å². The lowest BCUT2D eigenvalue weighted by molar-refractivity contribution is -0.117. The minimum absolute atomic E-state index is 0.0817. The van der Waals surface area contributed by atoms with Crippen LogP contribution >= 0.6 is 11.8 Å². The summed E-state index contributed by atoms with van der Waals surface area (Å²) in [4.78, 5) is 25.7. The Bertz CT molecular complexity index is 1120. The highest BCUT2D eigenvalue weighted by Gasteiger charge is 2.17. The fourth-order valence-corrected chi connectivity index (χ4v) is 3.87. The molecule has 8 heteroatoms. The topological polar surface area (TPSA) is 89.8 Å². The summed E-state index contributed by atoms with van der Waals surface area (Å²) in [6.07, 6.45) is 2.99. The van der Waals surface area contributed by atoms with Gasteiger partial charge in [-0.05, 0) is 42.8 Å². The van der Waals surface area contributed by atoms with Gasteiger partial charge in [0.05, 0.1) is 20.5 Å². The second-order valence-corrected chi connectivity index (χ2v) is 8.50. The van der Waals surface area contributed by atoms with Gasteiger partial charge in [0, 0.05) is 29.7 Å². The Morgan fingerprint density at radius 2 is 1.79 bits per heavy atom. The molecule has 0 atom stereocenters. The molecule has 34 heavy (non-hydrogen) atoms. The zero-order valence-corrected chi connectivity index (χ0v) is 20.2. The van der Waals surface area contributed by atoms with E-state index in [0.717, 1.165) is 11.5 Å². The molecule has 2 amide bonds. The number of thioether (sulfide) groups is 1. The molecule has 178 valence electrons. The molecule has 0 fully saturated rings. The van der Waals surface area contributed by atoms with E-state index in [-0.39, 0.29) is 5.70 Å². The Kier molecular flexibility index (Phi) is 9.22. The number of ether oxygens (including phenoxy) is 2. The molecular weight excluding hydrogens is 452 g/mol. The summed E-state index contributed by atoms with van der Waals surface area (Å²) in [7, 11) is 3.01. The minimum atomic E-state index is -0.456. The van der Waals surface area contributed by atoms with Crippen molar-refractivity contribution in [1.29, 1.82) is 0 Å². The fourth-order valence-electron chi connectivity index (χ4n) is 3.05. The first-order valence-corrected chi connectivity index (χ1v) is 11.9. The molecule has 0 unspecified atom stereocenters. The minimum Gasteiger partial charge on any atom is -0.493 e. The van der Waals surface area contributed by atoms with Gasteiger partial charge in [0.25, 0.3) is 11.8 Å². The van der Waals surface area contributed by atoms with Crippen LogP contribution in [0, 0.1) is 6.92 Å². The quantitative estimate of drug-likeness (QED) is 0.312. The molecule has 0 bridgehead atoms. The van der Waals surface area contributed by atoms with Gasteiger partial charge >= 0.3 is 0 Å². The third-order valence-corrected chi connectivity index (χ3v) is 5.92. The largest absolute Gasteiger partial charge is 0.493 e. The molecule has 2 N–H and O–H groups in total. The van der Waals surface area contributed by atoms with Gasteiger partial charge in [0.1, 0.15) is 11.5 Å². The van der Waals surface area contributed by atoms with Crippen LogP contribution in [0.4, 0.5) is 0 Å². The summed E-state index contributed by atoms with van der Waals surface area (Å²) in [6.45, 7) is 2.52. The molecule has 1 aromatic heterocycles. The van der Waals surface area contributed by atoms with Crippen molar-refractivity contribution < 1.29 is 23.5 Å². The Labute approximate surface area is 203 Å². The molecule has 3 aromatic rings. The van der Waals surface area contributed by atoms with E-state index in [0.29, 0.717) is 29.4 Å². The summed E-state index contributed by atoms with van der Waals surface area (Å²) >= 11 is 1.72. The number of methoxy groups -OCH3 is 2. The SMILES string of the molecule is COc1ccc(C(=O)N/C(=C\c2ccco2)C(=O)NCCSCc2ccc(C)cc2)cc1OC. The standard InChI is InChI=1S/C26H28N2O5S/c1-18-6-8-19(9-7-18)17-34-14-12-27-26(30)22(16-21-5-4-13-33-21)28-25(29)20-10-11-23(31-2)24(15-20)32-3/h4-11,13,15-16H,12,14,17H2,1-3H3,(H,27,30)(H,28,29)/b22-16-. The maximum Gasteiger partial charge on any atom is 0.267 e. The van der Waals surface area contributed by atoms with Crippen molar-refractivity contribution in [2.45, 2.75) is 12.7 Å². The van der Waals surface area contributed by atoms with Crippen LogP contribution in [0.3, 0.4) is 0 Å². The van der Waals surface area contributed by atoms with Gasteiger partial charge in [0.2, 0.25) is 0 Å². The predicted octanol–water partition coefficient (Wildman–Crippen LogP) is 4.43. The number of aryl methyl sites for hydroxylation is 1. The van der Waals surface area contributed by atoms with Gasteiger partial charge in [-0.1, -0.05) is 29.8 Å². The number of nitrogens with one attached hydrogen (secondary N) is 2. The highest BCUT2D eigenvalue weighted by Crippen LogP contribution is 2.27. The van der Waals surface area contributed by atoms with Gasteiger partial charge < -0.3 is 24.5 Å². The molecule has 0 saturated carbocycles. The lowest BCUT2D eigenvalue weighted by Gasteiger charge is -2.12. The first-order chi connectivity index (χ1) is 16.5. The van der Waals surface area contributed by atoms with Crippen molar-refractivity contribution in [2.75, 3.05) is 26.5 Å². The van der Waals surface area contributed by atoms with E-state index >= 15 is 0 Å². The third kappa shape index (κ3) is 7.18. The van der Waals surface area contributed by atoms with Crippen LogP contribution in [-0.2, 0) is 10.5 Å². The Hall–Kier alpha value is -3.65. The summed E-state index contributed by atoms with van der Waals surface area (Å²) < 4.78 is 15.8. The molecule has 0 aliphatic carbocycles. The molecule has 7 nitrogen and oxygen atoms in total. The van der Waals surface area contributed by atoms with Crippen molar-refractivity contribution >= 4 is 29.7 Å². The van der Waals surface area contributed by atoms with E-state index in [1.54, 1.807) is 42.1 Å². The van der Waals surface area contributed by atoms with Gasteiger partial charge in [0.15, 0.2) is 11.5 Å². The van der Waals surface area contributed by atoms with Crippen molar-refractivity contribution in [3.05, 3.63) is 89.0 Å². The van der Waals surface area contributed by atoms with Crippen LogP contribution in [0.5, 0.6) is 11.5 Å². The Morgan fingerprint density at radius 3 is 2.47 bits per heavy atom. The molecule has 2 aromatic carbocycles.